The van der Waals surface area contributed by atoms with Gasteiger partial charge in [0.25, 0.3) is 11.8 Å². The second kappa shape index (κ2) is 34.9. The lowest BCUT2D eigenvalue weighted by atomic mass is 9.73. The van der Waals surface area contributed by atoms with E-state index in [1.54, 1.807) is 93.4 Å². The topological polar surface area (TPSA) is 201 Å². The number of para-hydroxylation sites is 4. The third kappa shape index (κ3) is 15.0. The van der Waals surface area contributed by atoms with E-state index in [2.05, 4.69) is 53.3 Å². The summed E-state index contributed by atoms with van der Waals surface area (Å²) < 4.78 is 78.7. The molecule has 10 aliphatic heterocycles. The molecule has 678 valence electrons. The Kier molecular flexibility index (Phi) is 22.8. The molecule has 2 saturated carbocycles. The number of rotatable bonds is 16. The maximum atomic E-state index is 15.2. The van der Waals surface area contributed by atoms with E-state index < -0.39 is 21.9 Å². The van der Waals surface area contributed by atoms with E-state index in [-0.39, 0.29) is 90.9 Å². The summed E-state index contributed by atoms with van der Waals surface area (Å²) in [7, 11) is 7.34. The summed E-state index contributed by atoms with van der Waals surface area (Å²) in [5.41, 5.74) is 13.8. The van der Waals surface area contributed by atoms with Crippen molar-refractivity contribution in [2.75, 3.05) is 85.3 Å². The predicted molar refractivity (Wildman–Crippen MR) is 494 cm³/mol. The molecule has 12 aliphatic rings. The highest BCUT2D eigenvalue weighted by Crippen LogP contribution is 2.57. The van der Waals surface area contributed by atoms with Crippen LogP contribution < -0.4 is 19.6 Å². The molecule has 8 fully saturated rings. The van der Waals surface area contributed by atoms with Crippen LogP contribution in [0.2, 0.25) is 0 Å². The maximum absolute atomic E-state index is 15.2. The van der Waals surface area contributed by atoms with Gasteiger partial charge in [0.15, 0.2) is 0 Å². The molecule has 4 unspecified atom stereocenters. The van der Waals surface area contributed by atoms with Gasteiger partial charge in [0, 0.05) is 208 Å². The number of nitrogens with zero attached hydrogens (tertiary/aromatic N) is 16. The molecular formula is C105H108F4N16O7. The SMILES string of the molecule is Cn1cc(-c2ccc(CN3C(=O)C4(CCN4C4CCC4)c4ccccc43)c(F)c2)cn1.Cn1cc(-c2ccc(CN3C(=O)C4(CCN4C4CCCOC4)c4ccccc43)c(F)c2)cn1.Cn1cc(-c2ccc(CN3C(=O)C4(CN(C(=O)C5CCCCC5)C4)c4ccccc43)c(F)c2)cn1.Cn1cc(-c2ccc(CN3C(=O)C4(CN(C5CCCOC5)C4)c4ccccc43)c(F)c2)cn1. The van der Waals surface area contributed by atoms with Gasteiger partial charge in [-0.15, -0.1) is 0 Å². The molecule has 23 nitrogen and oxygen atoms in total. The average Bonchev–Trinajstić information content (AvgIpc) is 1.55. The molecule has 6 saturated heterocycles. The summed E-state index contributed by atoms with van der Waals surface area (Å²) in [6, 6.07) is 53.7. The van der Waals surface area contributed by atoms with Gasteiger partial charge in [0.05, 0.1) is 64.2 Å². The van der Waals surface area contributed by atoms with Gasteiger partial charge in [0.1, 0.15) is 45.2 Å². The second-order valence-electron chi connectivity index (χ2n) is 38.0. The van der Waals surface area contributed by atoms with Crippen molar-refractivity contribution >= 4 is 52.3 Å². The Morgan fingerprint density at radius 3 is 1.02 bits per heavy atom. The molecule has 4 aromatic heterocycles. The van der Waals surface area contributed by atoms with Crippen LogP contribution in [-0.2, 0) is 110 Å². The number of halogens is 4. The predicted octanol–water partition coefficient (Wildman–Crippen LogP) is 16.0. The largest absolute Gasteiger partial charge is 0.380 e. The van der Waals surface area contributed by atoms with Crippen molar-refractivity contribution in [3.63, 3.8) is 0 Å². The molecule has 12 aromatic rings. The van der Waals surface area contributed by atoms with Crippen molar-refractivity contribution in [2.45, 2.75) is 156 Å². The minimum atomic E-state index is -0.715. The van der Waals surface area contributed by atoms with Crippen LogP contribution in [0, 0.1) is 29.2 Å². The van der Waals surface area contributed by atoms with Gasteiger partial charge in [-0.1, -0.05) is 147 Å². The zero-order valence-electron chi connectivity index (χ0n) is 74.9. The molecule has 8 aromatic carbocycles. The van der Waals surface area contributed by atoms with Gasteiger partial charge >= 0.3 is 0 Å². The number of benzene rings is 8. The van der Waals surface area contributed by atoms with E-state index in [0.29, 0.717) is 67.1 Å². The maximum Gasteiger partial charge on any atom is 0.252 e. The standard InChI is InChI=1S/C28H29FN4O2.2C26H27FN4O2.C25H25FN4O/c1-31-15-22(14-30-31)20-11-12-21(24(29)13-20)16-33-25-10-6-5-9-23(25)28(27(33)35)17-32(18-28)26(34)19-7-3-2-4-8-19;1-29-15-20(14-28-29)18-8-9-19(23(27)13-18)16-30-24-7-3-2-6-22(24)26(25(30)32)10-11-31(26)21-5-4-12-33-17-21;1-29-13-20(12-28-29)18-8-9-19(23(27)11-18)14-31-24-7-3-2-6-22(24)26(25(31)32)16-30(17-26)21-5-4-10-33-15-21;1-28-15-19(14-27-28)17-9-10-18(22(26)13-17)16-29-23-8-3-2-7-21(23)25(24(29)31)11-12-30(25)20-5-4-6-20/h5-6,9-15,19H,2-4,7-8,16-18H2,1H3;2-3,6-9,13-15,21H,4-5,10-12,16-17H2,1H3;2-3,6-9,11-13,21H,4-5,10,14-17H2,1H3;2-3,7-10,13-15,20H,4-6,11-12,16H2,1H3. The molecule has 14 heterocycles. The van der Waals surface area contributed by atoms with Crippen molar-refractivity contribution in [2.24, 2.45) is 34.1 Å². The number of ether oxygens (including phenoxy) is 2. The van der Waals surface area contributed by atoms with E-state index in [1.165, 1.54) is 43.9 Å². The quantitative estimate of drug-likeness (QED) is 0.0827. The Morgan fingerprint density at radius 2 is 0.697 bits per heavy atom. The normalized spacial score (nSPS) is 22.2. The molecule has 24 rings (SSSR count). The molecule has 5 amide bonds. The first-order valence-electron chi connectivity index (χ1n) is 46.6. The molecule has 0 bridgehead atoms. The average molecular weight is 1780 g/mol. The Labute approximate surface area is 765 Å². The molecule has 132 heavy (non-hydrogen) atoms. The van der Waals surface area contributed by atoms with E-state index >= 15 is 17.6 Å². The summed E-state index contributed by atoms with van der Waals surface area (Å²) in [6.07, 6.45) is 29.1. The van der Waals surface area contributed by atoms with Gasteiger partial charge in [-0.2, -0.15) is 20.4 Å². The van der Waals surface area contributed by atoms with Crippen LogP contribution in [0.25, 0.3) is 44.5 Å². The van der Waals surface area contributed by atoms with Crippen molar-refractivity contribution in [1.29, 1.82) is 0 Å². The Morgan fingerprint density at radius 1 is 0.364 bits per heavy atom. The summed E-state index contributed by atoms with van der Waals surface area (Å²) in [4.78, 5) is 84.3. The number of amides is 5. The summed E-state index contributed by atoms with van der Waals surface area (Å²) in [6.45, 7) is 7.96. The fraction of sp³-hybridized carbons (Fsp3) is 0.381. The van der Waals surface area contributed by atoms with Crippen molar-refractivity contribution in [1.82, 2.24) is 58.7 Å². The van der Waals surface area contributed by atoms with Crippen molar-refractivity contribution in [3.05, 3.63) is 287 Å². The number of likely N-dealkylation sites (tertiary alicyclic amines) is 4. The van der Waals surface area contributed by atoms with E-state index in [9.17, 15) is 24.0 Å². The highest BCUT2D eigenvalue weighted by molar-refractivity contribution is 6.12. The van der Waals surface area contributed by atoms with Crippen molar-refractivity contribution < 1.29 is 51.0 Å². The Bertz CT molecular complexity index is 6450. The number of hydrogen-bond acceptors (Lipinski definition) is 14. The summed E-state index contributed by atoms with van der Waals surface area (Å²) in [5.74, 6) is -0.788. The highest BCUT2D eigenvalue weighted by atomic mass is 19.1. The molecular weight excluding hydrogens is 1670 g/mol. The zero-order valence-corrected chi connectivity index (χ0v) is 74.9. The number of hydrogen-bond donors (Lipinski definition) is 0. The molecule has 2 aliphatic carbocycles. The minimum Gasteiger partial charge on any atom is -0.380 e. The monoisotopic (exact) mass is 1780 g/mol. The van der Waals surface area contributed by atoms with Gasteiger partial charge < -0.3 is 34.0 Å². The van der Waals surface area contributed by atoms with Crippen LogP contribution in [-0.4, -0.2) is 172 Å². The van der Waals surface area contributed by atoms with Crippen molar-refractivity contribution in [3.8, 4) is 44.5 Å². The molecule has 4 spiro atoms. The third-order valence-electron chi connectivity index (χ3n) is 30.2. The fourth-order valence-electron chi connectivity index (χ4n) is 22.7. The third-order valence-corrected chi connectivity index (χ3v) is 30.2. The van der Waals surface area contributed by atoms with Crippen LogP contribution in [0.3, 0.4) is 0 Å². The first kappa shape index (κ1) is 86.2. The van der Waals surface area contributed by atoms with E-state index in [1.807, 2.05) is 161 Å². The van der Waals surface area contributed by atoms with Crippen LogP contribution in [0.1, 0.15) is 134 Å². The number of anilines is 4. The number of aryl methyl sites for hydroxylation is 4. The zero-order chi connectivity index (χ0) is 90.5. The first-order chi connectivity index (χ1) is 64.2. The van der Waals surface area contributed by atoms with Gasteiger partial charge in [0.2, 0.25) is 17.7 Å². The Balaban J connectivity index is 0.000000106. The number of aromatic nitrogens is 8. The lowest BCUT2D eigenvalue weighted by Gasteiger charge is -2.55. The molecule has 0 radical (unpaired) electrons. The summed E-state index contributed by atoms with van der Waals surface area (Å²) in [5, 5.41) is 16.7. The minimum absolute atomic E-state index is 0.0397. The van der Waals surface area contributed by atoms with Crippen LogP contribution >= 0.6 is 0 Å². The van der Waals surface area contributed by atoms with E-state index in [0.717, 1.165) is 187 Å². The van der Waals surface area contributed by atoms with Crippen LogP contribution in [0.5, 0.6) is 0 Å². The number of fused-ring (bicyclic) bond motifs is 8. The molecule has 4 atom stereocenters. The highest BCUT2D eigenvalue weighted by Gasteiger charge is 2.65. The number of carbonyl (C=O) groups excluding carboxylic acids is 5. The fourth-order valence-corrected chi connectivity index (χ4v) is 22.7. The van der Waals surface area contributed by atoms with Gasteiger partial charge in [-0.05, 0) is 146 Å². The summed E-state index contributed by atoms with van der Waals surface area (Å²) >= 11 is 0. The first-order valence-corrected chi connectivity index (χ1v) is 46.6. The van der Waals surface area contributed by atoms with Crippen LogP contribution in [0.15, 0.2) is 219 Å². The lowest BCUT2D eigenvalue weighted by Crippen LogP contribution is -2.67. The number of carbonyl (C=O) groups is 5. The lowest BCUT2D eigenvalue weighted by molar-refractivity contribution is -0.150. The van der Waals surface area contributed by atoms with E-state index in [4.69, 9.17) is 9.47 Å². The Hall–Kier alpha value is -12.5. The smallest absolute Gasteiger partial charge is 0.252 e. The van der Waals surface area contributed by atoms with Crippen LogP contribution in [0.4, 0.5) is 40.3 Å². The second-order valence-corrected chi connectivity index (χ2v) is 38.0. The van der Waals surface area contributed by atoms with Gasteiger partial charge in [-0.3, -0.25) is 57.4 Å². The molecule has 27 heteroatoms. The van der Waals surface area contributed by atoms with Gasteiger partial charge in [-0.25, -0.2) is 17.6 Å². The molecule has 0 N–H and O–H groups in total.